The molecule has 112 valence electrons. The molecule has 0 aliphatic carbocycles. The average Bonchev–Trinajstić information content (AvgIpc) is 2.95. The Balaban J connectivity index is 2.97. The zero-order valence-corrected chi connectivity index (χ0v) is 13.2. The van der Waals surface area contributed by atoms with Gasteiger partial charge in [-0.15, -0.1) is 11.3 Å². The molecule has 20 heavy (non-hydrogen) atoms. The van der Waals surface area contributed by atoms with Crippen LogP contribution in [0.2, 0.25) is 0 Å². The van der Waals surface area contributed by atoms with Crippen LogP contribution in [0.5, 0.6) is 0 Å². The molecule has 1 heterocycles. The Labute approximate surface area is 123 Å². The first kappa shape index (κ1) is 16.5. The molecule has 2 unspecified atom stereocenters. The van der Waals surface area contributed by atoms with Crippen LogP contribution >= 0.6 is 11.3 Å². The van der Waals surface area contributed by atoms with Gasteiger partial charge in [0.15, 0.2) is 5.84 Å². The lowest BCUT2D eigenvalue weighted by atomic mass is 9.84. The van der Waals surface area contributed by atoms with Crippen molar-refractivity contribution in [3.8, 4) is 0 Å². The van der Waals surface area contributed by atoms with Crippen LogP contribution in [0.3, 0.4) is 0 Å². The summed E-state index contributed by atoms with van der Waals surface area (Å²) in [5, 5.41) is 16.9. The van der Waals surface area contributed by atoms with Gasteiger partial charge in [-0.2, -0.15) is 0 Å². The molecule has 1 aromatic rings. The lowest BCUT2D eigenvalue weighted by Gasteiger charge is -2.29. The van der Waals surface area contributed by atoms with Gasteiger partial charge >= 0.3 is 0 Å². The number of hydrogen-bond donors (Lipinski definition) is 3. The molecule has 0 spiro atoms. The van der Waals surface area contributed by atoms with Crippen molar-refractivity contribution in [3.63, 3.8) is 0 Å². The first-order valence-corrected chi connectivity index (χ1v) is 7.57. The molecule has 0 aliphatic rings. The van der Waals surface area contributed by atoms with Gasteiger partial charge < -0.3 is 16.3 Å². The molecule has 5 nitrogen and oxygen atoms in total. The second-order valence-electron chi connectivity index (χ2n) is 5.38. The number of thiophene rings is 1. The summed E-state index contributed by atoms with van der Waals surface area (Å²) in [4.78, 5) is 13.6. The van der Waals surface area contributed by atoms with Crippen LogP contribution in [0.15, 0.2) is 22.7 Å². The Morgan fingerprint density at radius 3 is 2.65 bits per heavy atom. The molecule has 1 aromatic heterocycles. The van der Waals surface area contributed by atoms with Crippen LogP contribution in [0, 0.1) is 11.3 Å². The topological polar surface area (TPSA) is 87.7 Å². The van der Waals surface area contributed by atoms with Gasteiger partial charge in [0.2, 0.25) is 5.91 Å². The number of amides is 1. The Bertz CT molecular complexity index is 471. The van der Waals surface area contributed by atoms with Gasteiger partial charge in [-0.05, 0) is 30.7 Å². The van der Waals surface area contributed by atoms with Crippen molar-refractivity contribution >= 4 is 23.1 Å². The second kappa shape index (κ2) is 6.74. The lowest BCUT2D eigenvalue weighted by Crippen LogP contribution is -2.49. The molecule has 1 amide bonds. The molecule has 0 aromatic carbocycles. The van der Waals surface area contributed by atoms with Crippen molar-refractivity contribution in [3.05, 3.63) is 22.4 Å². The third kappa shape index (κ3) is 3.30. The van der Waals surface area contributed by atoms with Crippen molar-refractivity contribution < 1.29 is 10.0 Å². The van der Waals surface area contributed by atoms with Gasteiger partial charge in [0, 0.05) is 4.88 Å². The maximum absolute atomic E-state index is 12.5. The molecule has 1 rings (SSSR count). The van der Waals surface area contributed by atoms with Gasteiger partial charge in [0.25, 0.3) is 0 Å². The third-order valence-electron chi connectivity index (χ3n) is 3.68. The molecule has 0 fully saturated rings. The molecule has 2 atom stereocenters. The predicted octanol–water partition coefficient (Wildman–Crippen LogP) is 2.72. The third-order valence-corrected chi connectivity index (χ3v) is 4.64. The van der Waals surface area contributed by atoms with Gasteiger partial charge in [-0.1, -0.05) is 32.0 Å². The highest BCUT2D eigenvalue weighted by atomic mass is 32.1. The first-order valence-electron chi connectivity index (χ1n) is 6.69. The number of carbonyl (C=O) groups is 1. The molecule has 4 N–H and O–H groups in total. The largest absolute Gasteiger partial charge is 0.409 e. The smallest absolute Gasteiger partial charge is 0.234 e. The summed E-state index contributed by atoms with van der Waals surface area (Å²) < 4.78 is 0. The van der Waals surface area contributed by atoms with Gasteiger partial charge in [0.1, 0.15) is 5.41 Å². The zero-order chi connectivity index (χ0) is 15.3. The number of rotatable bonds is 6. The number of nitrogens with zero attached hydrogens (tertiary/aromatic N) is 1. The summed E-state index contributed by atoms with van der Waals surface area (Å²) in [5.74, 6) is -0.0282. The number of nitrogens with one attached hydrogen (secondary N) is 1. The zero-order valence-electron chi connectivity index (χ0n) is 12.4. The number of carbonyl (C=O) groups excluding carboxylic acids is 1. The van der Waals surface area contributed by atoms with Crippen molar-refractivity contribution in [1.82, 2.24) is 5.32 Å². The summed E-state index contributed by atoms with van der Waals surface area (Å²) >= 11 is 1.61. The second-order valence-corrected chi connectivity index (χ2v) is 6.36. The van der Waals surface area contributed by atoms with Crippen LogP contribution in [0.4, 0.5) is 0 Å². The molecule has 0 saturated heterocycles. The fourth-order valence-corrected chi connectivity index (χ4v) is 2.85. The quantitative estimate of drug-likeness (QED) is 0.326. The monoisotopic (exact) mass is 297 g/mol. The summed E-state index contributed by atoms with van der Waals surface area (Å²) in [7, 11) is 0. The summed E-state index contributed by atoms with van der Waals surface area (Å²) in [6.07, 6.45) is 0.462. The van der Waals surface area contributed by atoms with E-state index in [4.69, 9.17) is 10.9 Å². The van der Waals surface area contributed by atoms with E-state index in [9.17, 15) is 4.79 Å². The van der Waals surface area contributed by atoms with Gasteiger partial charge in [-0.25, -0.2) is 0 Å². The maximum Gasteiger partial charge on any atom is 0.234 e. The van der Waals surface area contributed by atoms with E-state index >= 15 is 0 Å². The summed E-state index contributed by atoms with van der Waals surface area (Å²) in [6, 6.07) is 3.90. The molecule has 0 bridgehead atoms. The Morgan fingerprint density at radius 1 is 1.60 bits per heavy atom. The van der Waals surface area contributed by atoms with E-state index in [1.54, 1.807) is 18.3 Å². The van der Waals surface area contributed by atoms with E-state index in [-0.39, 0.29) is 23.7 Å². The highest BCUT2D eigenvalue weighted by Gasteiger charge is 2.38. The van der Waals surface area contributed by atoms with E-state index in [0.717, 1.165) is 4.88 Å². The van der Waals surface area contributed by atoms with Crippen molar-refractivity contribution in [1.29, 1.82) is 0 Å². The van der Waals surface area contributed by atoms with E-state index in [1.165, 1.54) is 0 Å². The van der Waals surface area contributed by atoms with Crippen LogP contribution in [-0.4, -0.2) is 17.0 Å². The predicted molar refractivity (Wildman–Crippen MR) is 81.8 cm³/mol. The SMILES string of the molecule is CCC(C)(C(=O)NC(c1cccs1)C(C)C)/C(N)=N/O. The Hall–Kier alpha value is -1.56. The fourth-order valence-electron chi connectivity index (χ4n) is 1.90. The van der Waals surface area contributed by atoms with Crippen molar-refractivity contribution in [2.24, 2.45) is 22.2 Å². The maximum atomic E-state index is 12.5. The minimum absolute atomic E-state index is 0.0637. The molecule has 0 aliphatic heterocycles. The van der Waals surface area contributed by atoms with E-state index in [1.807, 2.05) is 24.4 Å². The number of oxime groups is 1. The highest BCUT2D eigenvalue weighted by molar-refractivity contribution is 7.10. The molecule has 0 saturated carbocycles. The normalized spacial score (nSPS) is 16.8. The average molecular weight is 297 g/mol. The van der Waals surface area contributed by atoms with Crippen LogP contribution in [0.25, 0.3) is 0 Å². The standard InChI is InChI=1S/C14H23N3O2S/c1-5-14(4,12(15)17-19)13(18)16-11(9(2)3)10-7-6-8-20-10/h6-9,11,19H,5H2,1-4H3,(H2,15,17)(H,16,18). The van der Waals surface area contributed by atoms with Gasteiger partial charge in [0.05, 0.1) is 6.04 Å². The molecular weight excluding hydrogens is 274 g/mol. The highest BCUT2D eigenvalue weighted by Crippen LogP contribution is 2.29. The summed E-state index contributed by atoms with van der Waals surface area (Å²) in [5.41, 5.74) is 4.67. The fraction of sp³-hybridized carbons (Fsp3) is 0.571. The summed E-state index contributed by atoms with van der Waals surface area (Å²) in [6.45, 7) is 7.63. The van der Waals surface area contributed by atoms with Crippen LogP contribution in [0.1, 0.15) is 45.0 Å². The van der Waals surface area contributed by atoms with E-state index < -0.39 is 5.41 Å². The Kier molecular flexibility index (Phi) is 5.56. The van der Waals surface area contributed by atoms with Crippen LogP contribution < -0.4 is 11.1 Å². The lowest BCUT2D eigenvalue weighted by molar-refractivity contribution is -0.128. The van der Waals surface area contributed by atoms with Crippen LogP contribution in [-0.2, 0) is 4.79 Å². The first-order chi connectivity index (χ1) is 9.36. The van der Waals surface area contributed by atoms with E-state index in [2.05, 4.69) is 24.3 Å². The minimum atomic E-state index is -1.00. The molecule has 6 heteroatoms. The number of amidine groups is 1. The number of hydrogen-bond acceptors (Lipinski definition) is 4. The van der Waals surface area contributed by atoms with Gasteiger partial charge in [-0.3, -0.25) is 4.79 Å². The molecule has 0 radical (unpaired) electrons. The van der Waals surface area contributed by atoms with Crippen molar-refractivity contribution in [2.75, 3.05) is 0 Å². The number of nitrogens with two attached hydrogens (primary N) is 1. The Morgan fingerprint density at radius 2 is 2.25 bits per heavy atom. The van der Waals surface area contributed by atoms with E-state index in [0.29, 0.717) is 6.42 Å². The molecular formula is C14H23N3O2S. The van der Waals surface area contributed by atoms with Crippen molar-refractivity contribution in [2.45, 2.75) is 40.2 Å². The minimum Gasteiger partial charge on any atom is -0.409 e.